The van der Waals surface area contributed by atoms with Gasteiger partial charge in [0.15, 0.2) is 0 Å². The number of hydrogen-bond acceptors (Lipinski definition) is 2. The molecule has 0 spiro atoms. The largest absolute Gasteiger partial charge is 0.384 e. The molecule has 1 rings (SSSR count). The third-order valence-electron chi connectivity index (χ3n) is 2.54. The smallest absolute Gasteiger partial charge is 0.141 e. The van der Waals surface area contributed by atoms with Crippen LogP contribution >= 0.6 is 0 Å². The minimum atomic E-state index is -0.929. The molecule has 84 valence electrons. The Morgan fingerprint density at radius 2 is 2.13 bits per heavy atom. The number of pyridine rings is 1. The van der Waals surface area contributed by atoms with Crippen LogP contribution in [0, 0.1) is 11.7 Å². The van der Waals surface area contributed by atoms with Crippen molar-refractivity contribution in [2.45, 2.75) is 39.2 Å². The zero-order valence-corrected chi connectivity index (χ0v) is 9.50. The summed E-state index contributed by atoms with van der Waals surface area (Å²) in [6, 6.07) is 2.89. The molecule has 0 aliphatic heterocycles. The summed E-state index contributed by atoms with van der Waals surface area (Å²) in [5.74, 6) is 0.00329. The number of halogens is 1. The van der Waals surface area contributed by atoms with Crippen molar-refractivity contribution in [1.82, 2.24) is 4.98 Å². The lowest BCUT2D eigenvalue weighted by atomic mass is 9.87. The number of aromatic nitrogens is 1. The third-order valence-corrected chi connectivity index (χ3v) is 2.54. The van der Waals surface area contributed by atoms with Crippen LogP contribution in [0.5, 0.6) is 0 Å². The highest BCUT2D eigenvalue weighted by molar-refractivity contribution is 5.13. The Kier molecular flexibility index (Phi) is 3.80. The molecule has 0 aliphatic rings. The zero-order chi connectivity index (χ0) is 11.5. The van der Waals surface area contributed by atoms with Crippen LogP contribution in [0.4, 0.5) is 4.39 Å². The summed E-state index contributed by atoms with van der Waals surface area (Å²) < 4.78 is 12.7. The highest BCUT2D eigenvalue weighted by Gasteiger charge is 2.29. The van der Waals surface area contributed by atoms with Gasteiger partial charge in [0.05, 0.1) is 11.9 Å². The lowest BCUT2D eigenvalue weighted by Gasteiger charge is -2.28. The Bertz CT molecular complexity index is 310. The second kappa shape index (κ2) is 4.71. The molecular weight excluding hydrogens is 193 g/mol. The highest BCUT2D eigenvalue weighted by atomic mass is 19.1. The van der Waals surface area contributed by atoms with E-state index in [4.69, 9.17) is 0 Å². The van der Waals surface area contributed by atoms with Crippen LogP contribution in [-0.2, 0) is 5.60 Å². The summed E-state index contributed by atoms with van der Waals surface area (Å²) in [5, 5.41) is 10.4. The van der Waals surface area contributed by atoms with E-state index >= 15 is 0 Å². The van der Waals surface area contributed by atoms with Crippen LogP contribution in [0.1, 0.15) is 39.3 Å². The first-order valence-electron chi connectivity index (χ1n) is 5.32. The summed E-state index contributed by atoms with van der Waals surface area (Å²) in [6.45, 7) is 6.00. The number of aliphatic hydroxyl groups is 1. The van der Waals surface area contributed by atoms with Gasteiger partial charge in [-0.3, -0.25) is 4.98 Å². The van der Waals surface area contributed by atoms with Gasteiger partial charge in [0.1, 0.15) is 11.4 Å². The van der Waals surface area contributed by atoms with Crippen LogP contribution in [0.15, 0.2) is 18.3 Å². The zero-order valence-electron chi connectivity index (χ0n) is 9.50. The van der Waals surface area contributed by atoms with Crippen molar-refractivity contribution in [3.8, 4) is 0 Å². The monoisotopic (exact) mass is 211 g/mol. The van der Waals surface area contributed by atoms with Crippen molar-refractivity contribution in [1.29, 1.82) is 0 Å². The molecule has 3 heteroatoms. The summed E-state index contributed by atoms with van der Waals surface area (Å²) in [5.41, 5.74) is -0.373. The van der Waals surface area contributed by atoms with Crippen molar-refractivity contribution in [3.05, 3.63) is 29.8 Å². The molecule has 0 saturated carbocycles. The molecule has 1 aromatic rings. The predicted molar refractivity (Wildman–Crippen MR) is 57.8 cm³/mol. The van der Waals surface area contributed by atoms with E-state index < -0.39 is 5.60 Å². The third kappa shape index (κ3) is 2.99. The minimum absolute atomic E-state index is 0.373. The lowest BCUT2D eigenvalue weighted by Crippen LogP contribution is -2.28. The van der Waals surface area contributed by atoms with E-state index in [0.717, 1.165) is 6.20 Å². The summed E-state index contributed by atoms with van der Waals surface area (Å²) in [6.07, 6.45) is 2.38. The Hall–Kier alpha value is -0.960. The fraction of sp³-hybridized carbons (Fsp3) is 0.583. The molecule has 15 heavy (non-hydrogen) atoms. The summed E-state index contributed by atoms with van der Waals surface area (Å²) >= 11 is 0. The maximum absolute atomic E-state index is 12.7. The van der Waals surface area contributed by atoms with Crippen LogP contribution < -0.4 is 0 Å². The topological polar surface area (TPSA) is 33.1 Å². The van der Waals surface area contributed by atoms with E-state index in [0.29, 0.717) is 24.5 Å². The normalized spacial score (nSPS) is 15.3. The van der Waals surface area contributed by atoms with Crippen LogP contribution in [0.2, 0.25) is 0 Å². The van der Waals surface area contributed by atoms with Gasteiger partial charge >= 0.3 is 0 Å². The van der Waals surface area contributed by atoms with Crippen molar-refractivity contribution < 1.29 is 9.50 Å². The van der Waals surface area contributed by atoms with E-state index in [1.54, 1.807) is 6.07 Å². The maximum atomic E-state index is 12.7. The van der Waals surface area contributed by atoms with Gasteiger partial charge in [-0.1, -0.05) is 20.8 Å². The lowest BCUT2D eigenvalue weighted by molar-refractivity contribution is 0.00710. The maximum Gasteiger partial charge on any atom is 0.141 e. The number of hydrogen-bond donors (Lipinski definition) is 1. The predicted octanol–water partition coefficient (Wildman–Crippen LogP) is 2.86. The molecule has 1 aromatic heterocycles. The fourth-order valence-corrected chi connectivity index (χ4v) is 1.76. The van der Waals surface area contributed by atoms with Crippen molar-refractivity contribution >= 4 is 0 Å². The van der Waals surface area contributed by atoms with Gasteiger partial charge in [-0.05, 0) is 30.9 Å². The molecule has 0 bridgehead atoms. The van der Waals surface area contributed by atoms with Gasteiger partial charge in [0.25, 0.3) is 0 Å². The molecule has 1 heterocycles. The average molecular weight is 211 g/mol. The minimum Gasteiger partial charge on any atom is -0.384 e. The molecule has 1 unspecified atom stereocenters. The van der Waals surface area contributed by atoms with Crippen LogP contribution in [0.25, 0.3) is 0 Å². The molecule has 1 N–H and O–H groups in total. The molecule has 0 radical (unpaired) electrons. The first kappa shape index (κ1) is 12.1. The fourth-order valence-electron chi connectivity index (χ4n) is 1.76. The summed E-state index contributed by atoms with van der Waals surface area (Å²) in [7, 11) is 0. The van der Waals surface area contributed by atoms with E-state index in [9.17, 15) is 9.50 Å². The van der Waals surface area contributed by atoms with E-state index in [-0.39, 0.29) is 5.82 Å². The van der Waals surface area contributed by atoms with Crippen molar-refractivity contribution in [3.63, 3.8) is 0 Å². The van der Waals surface area contributed by atoms with Gasteiger partial charge in [-0.2, -0.15) is 0 Å². The number of rotatable bonds is 4. The van der Waals surface area contributed by atoms with E-state index in [1.807, 2.05) is 20.8 Å². The molecule has 1 atom stereocenters. The second-order valence-corrected chi connectivity index (χ2v) is 4.34. The number of nitrogens with zero attached hydrogens (tertiary/aromatic N) is 1. The average Bonchev–Trinajstić information content (AvgIpc) is 2.17. The highest BCUT2D eigenvalue weighted by Crippen LogP contribution is 2.30. The van der Waals surface area contributed by atoms with Crippen molar-refractivity contribution in [2.24, 2.45) is 5.92 Å². The van der Waals surface area contributed by atoms with Crippen molar-refractivity contribution in [2.75, 3.05) is 0 Å². The van der Waals surface area contributed by atoms with Gasteiger partial charge < -0.3 is 5.11 Å². The molecule has 2 nitrogen and oxygen atoms in total. The Morgan fingerprint density at radius 1 is 1.47 bits per heavy atom. The summed E-state index contributed by atoms with van der Waals surface area (Å²) in [4.78, 5) is 3.95. The van der Waals surface area contributed by atoms with Gasteiger partial charge in [-0.25, -0.2) is 4.39 Å². The molecule has 0 aliphatic carbocycles. The molecule has 0 amide bonds. The first-order valence-corrected chi connectivity index (χ1v) is 5.32. The molecular formula is C12H18FNO. The molecule has 0 aromatic carbocycles. The Morgan fingerprint density at radius 3 is 2.53 bits per heavy atom. The second-order valence-electron chi connectivity index (χ2n) is 4.34. The van der Waals surface area contributed by atoms with Crippen LogP contribution in [0.3, 0.4) is 0 Å². The first-order chi connectivity index (χ1) is 6.98. The quantitative estimate of drug-likeness (QED) is 0.830. The van der Waals surface area contributed by atoms with E-state index in [1.165, 1.54) is 6.07 Å². The molecule has 0 fully saturated rings. The van der Waals surface area contributed by atoms with Gasteiger partial charge in [0.2, 0.25) is 0 Å². The SMILES string of the molecule is CCC(O)(CC(C)C)c1ccc(F)cn1. The van der Waals surface area contributed by atoms with E-state index in [2.05, 4.69) is 4.98 Å². The van der Waals surface area contributed by atoms with Crippen LogP contribution in [-0.4, -0.2) is 10.1 Å². The molecule has 0 saturated heterocycles. The van der Waals surface area contributed by atoms with Gasteiger partial charge in [0, 0.05) is 0 Å². The standard InChI is InChI=1S/C12H18FNO/c1-4-12(15,7-9(2)3)11-6-5-10(13)8-14-11/h5-6,8-9,15H,4,7H2,1-3H3. The Labute approximate surface area is 90.2 Å². The van der Waals surface area contributed by atoms with Gasteiger partial charge in [-0.15, -0.1) is 0 Å². The Balaban J connectivity index is 2.95.